The van der Waals surface area contributed by atoms with Crippen molar-refractivity contribution in [3.05, 3.63) is 47.8 Å². The van der Waals surface area contributed by atoms with Gasteiger partial charge in [-0.3, -0.25) is 0 Å². The third-order valence-corrected chi connectivity index (χ3v) is 2.55. The van der Waals surface area contributed by atoms with Gasteiger partial charge in [-0.2, -0.15) is 0 Å². The SMILES string of the molecule is Cc1ccc(Nc2ccc(N)c(N)c2)cc1F. The van der Waals surface area contributed by atoms with E-state index in [0.717, 1.165) is 5.69 Å². The van der Waals surface area contributed by atoms with Gasteiger partial charge in [0.05, 0.1) is 11.4 Å². The molecule has 5 N–H and O–H groups in total. The van der Waals surface area contributed by atoms with E-state index in [4.69, 9.17) is 11.5 Å². The van der Waals surface area contributed by atoms with Crippen molar-refractivity contribution in [3.63, 3.8) is 0 Å². The van der Waals surface area contributed by atoms with E-state index < -0.39 is 0 Å². The van der Waals surface area contributed by atoms with E-state index in [2.05, 4.69) is 5.32 Å². The number of hydrogen-bond acceptors (Lipinski definition) is 3. The summed E-state index contributed by atoms with van der Waals surface area (Å²) >= 11 is 0. The fourth-order valence-electron chi connectivity index (χ4n) is 1.49. The van der Waals surface area contributed by atoms with Gasteiger partial charge < -0.3 is 16.8 Å². The second kappa shape index (κ2) is 4.33. The number of rotatable bonds is 2. The molecule has 2 aromatic rings. The summed E-state index contributed by atoms with van der Waals surface area (Å²) in [6, 6.07) is 10.2. The monoisotopic (exact) mass is 231 g/mol. The topological polar surface area (TPSA) is 64.1 Å². The molecule has 0 aliphatic heterocycles. The molecule has 88 valence electrons. The van der Waals surface area contributed by atoms with Crippen LogP contribution in [-0.4, -0.2) is 0 Å². The highest BCUT2D eigenvalue weighted by Crippen LogP contribution is 2.23. The molecule has 0 aliphatic carbocycles. The van der Waals surface area contributed by atoms with Crippen molar-refractivity contribution in [2.24, 2.45) is 0 Å². The lowest BCUT2D eigenvalue weighted by Gasteiger charge is -2.09. The van der Waals surface area contributed by atoms with Gasteiger partial charge in [-0.1, -0.05) is 6.07 Å². The van der Waals surface area contributed by atoms with Crippen LogP contribution in [0.2, 0.25) is 0 Å². The van der Waals surface area contributed by atoms with Crippen molar-refractivity contribution >= 4 is 22.7 Å². The second-order valence-electron chi connectivity index (χ2n) is 3.93. The molecule has 0 unspecified atom stereocenters. The number of nitrogen functional groups attached to an aromatic ring is 2. The number of nitrogens with two attached hydrogens (primary N) is 2. The Morgan fingerprint density at radius 2 is 1.59 bits per heavy atom. The van der Waals surface area contributed by atoms with Crippen LogP contribution in [0, 0.1) is 12.7 Å². The molecule has 2 aromatic carbocycles. The predicted molar refractivity (Wildman–Crippen MR) is 69.7 cm³/mol. The fraction of sp³-hybridized carbons (Fsp3) is 0.0769. The van der Waals surface area contributed by atoms with E-state index >= 15 is 0 Å². The molecule has 3 nitrogen and oxygen atoms in total. The summed E-state index contributed by atoms with van der Waals surface area (Å²) < 4.78 is 13.3. The maximum Gasteiger partial charge on any atom is 0.128 e. The van der Waals surface area contributed by atoms with Gasteiger partial charge in [0.25, 0.3) is 0 Å². The van der Waals surface area contributed by atoms with Crippen LogP contribution in [0.5, 0.6) is 0 Å². The van der Waals surface area contributed by atoms with Crippen molar-refractivity contribution in [2.45, 2.75) is 6.92 Å². The zero-order valence-corrected chi connectivity index (χ0v) is 9.50. The van der Waals surface area contributed by atoms with Crippen molar-refractivity contribution in [2.75, 3.05) is 16.8 Å². The van der Waals surface area contributed by atoms with Crippen LogP contribution in [0.3, 0.4) is 0 Å². The Balaban J connectivity index is 2.25. The van der Waals surface area contributed by atoms with Crippen LogP contribution in [-0.2, 0) is 0 Å². The highest BCUT2D eigenvalue weighted by molar-refractivity contribution is 5.72. The molecule has 0 fully saturated rings. The third kappa shape index (κ3) is 2.47. The lowest BCUT2D eigenvalue weighted by atomic mass is 10.2. The largest absolute Gasteiger partial charge is 0.397 e. The summed E-state index contributed by atoms with van der Waals surface area (Å²) in [6.45, 7) is 1.72. The van der Waals surface area contributed by atoms with E-state index in [1.165, 1.54) is 6.07 Å². The number of halogens is 1. The number of benzene rings is 2. The minimum Gasteiger partial charge on any atom is -0.397 e. The lowest BCUT2D eigenvalue weighted by Crippen LogP contribution is -1.97. The quantitative estimate of drug-likeness (QED) is 0.696. The van der Waals surface area contributed by atoms with E-state index in [9.17, 15) is 4.39 Å². The Bertz CT molecular complexity index is 503. The molecule has 0 amide bonds. The van der Waals surface area contributed by atoms with Gasteiger partial charge in [0, 0.05) is 11.4 Å². The molecule has 0 spiro atoms. The van der Waals surface area contributed by atoms with Gasteiger partial charge in [0.1, 0.15) is 5.82 Å². The average molecular weight is 231 g/mol. The van der Waals surface area contributed by atoms with Crippen molar-refractivity contribution in [1.82, 2.24) is 0 Å². The van der Waals surface area contributed by atoms with Crippen LogP contribution < -0.4 is 16.8 Å². The van der Waals surface area contributed by atoms with E-state index in [1.54, 1.807) is 31.2 Å². The Kier molecular flexibility index (Phi) is 2.87. The van der Waals surface area contributed by atoms with Crippen molar-refractivity contribution in [3.8, 4) is 0 Å². The Labute approximate surface area is 99.2 Å². The molecule has 17 heavy (non-hydrogen) atoms. The lowest BCUT2D eigenvalue weighted by molar-refractivity contribution is 0.619. The molecular weight excluding hydrogens is 217 g/mol. The molecular formula is C13H14FN3. The molecule has 4 heteroatoms. The molecule has 0 saturated carbocycles. The summed E-state index contributed by atoms with van der Waals surface area (Å²) in [7, 11) is 0. The minimum atomic E-state index is -0.238. The maximum absolute atomic E-state index is 13.3. The first-order chi connectivity index (χ1) is 8.06. The Morgan fingerprint density at radius 1 is 0.941 bits per heavy atom. The molecule has 0 radical (unpaired) electrons. The van der Waals surface area contributed by atoms with Gasteiger partial charge in [0.2, 0.25) is 0 Å². The Morgan fingerprint density at radius 3 is 2.24 bits per heavy atom. The summed E-state index contributed by atoms with van der Waals surface area (Å²) in [5.41, 5.74) is 14.4. The van der Waals surface area contributed by atoms with E-state index in [1.807, 2.05) is 6.07 Å². The second-order valence-corrected chi connectivity index (χ2v) is 3.93. The van der Waals surface area contributed by atoms with Crippen LogP contribution in [0.1, 0.15) is 5.56 Å². The van der Waals surface area contributed by atoms with Gasteiger partial charge >= 0.3 is 0 Å². The van der Waals surface area contributed by atoms with Gasteiger partial charge in [-0.15, -0.1) is 0 Å². The molecule has 0 atom stereocenters. The smallest absolute Gasteiger partial charge is 0.128 e. The normalized spacial score (nSPS) is 10.2. The van der Waals surface area contributed by atoms with Crippen LogP contribution in [0.15, 0.2) is 36.4 Å². The number of anilines is 4. The molecule has 2 rings (SSSR count). The van der Waals surface area contributed by atoms with E-state index in [-0.39, 0.29) is 5.82 Å². The summed E-state index contributed by atoms with van der Waals surface area (Å²) in [4.78, 5) is 0. The predicted octanol–water partition coefficient (Wildman–Crippen LogP) is 3.04. The molecule has 0 saturated heterocycles. The van der Waals surface area contributed by atoms with Crippen LogP contribution >= 0.6 is 0 Å². The molecule has 0 aliphatic rings. The first-order valence-corrected chi connectivity index (χ1v) is 5.24. The van der Waals surface area contributed by atoms with Gasteiger partial charge in [0.15, 0.2) is 0 Å². The number of nitrogens with one attached hydrogen (secondary N) is 1. The van der Waals surface area contributed by atoms with Crippen LogP contribution in [0.25, 0.3) is 0 Å². The molecule has 0 aromatic heterocycles. The summed E-state index contributed by atoms with van der Waals surface area (Å²) in [5, 5.41) is 3.06. The first kappa shape index (κ1) is 11.3. The zero-order chi connectivity index (χ0) is 12.4. The third-order valence-electron chi connectivity index (χ3n) is 2.55. The summed E-state index contributed by atoms with van der Waals surface area (Å²) in [6.07, 6.45) is 0. The fourth-order valence-corrected chi connectivity index (χ4v) is 1.49. The highest BCUT2D eigenvalue weighted by Gasteiger charge is 2.01. The maximum atomic E-state index is 13.3. The minimum absolute atomic E-state index is 0.238. The molecule has 0 bridgehead atoms. The van der Waals surface area contributed by atoms with Gasteiger partial charge in [-0.05, 0) is 42.8 Å². The Hall–Kier alpha value is -2.23. The average Bonchev–Trinajstić information content (AvgIpc) is 2.29. The van der Waals surface area contributed by atoms with Gasteiger partial charge in [-0.25, -0.2) is 4.39 Å². The standard InChI is InChI=1S/C13H14FN3/c1-8-2-3-9(6-11(8)14)17-10-4-5-12(15)13(16)7-10/h2-7,17H,15-16H2,1H3. The van der Waals surface area contributed by atoms with E-state index in [0.29, 0.717) is 22.6 Å². The molecule has 0 heterocycles. The van der Waals surface area contributed by atoms with Crippen molar-refractivity contribution in [1.29, 1.82) is 0 Å². The van der Waals surface area contributed by atoms with Crippen molar-refractivity contribution < 1.29 is 4.39 Å². The van der Waals surface area contributed by atoms with Crippen LogP contribution in [0.4, 0.5) is 27.1 Å². The first-order valence-electron chi connectivity index (χ1n) is 5.24. The zero-order valence-electron chi connectivity index (χ0n) is 9.50. The number of hydrogen-bond donors (Lipinski definition) is 3. The highest BCUT2D eigenvalue weighted by atomic mass is 19.1. The summed E-state index contributed by atoms with van der Waals surface area (Å²) in [5.74, 6) is -0.238. The number of aryl methyl sites for hydroxylation is 1.